The van der Waals surface area contributed by atoms with Crippen LogP contribution in [-0.4, -0.2) is 26.0 Å². The zero-order chi connectivity index (χ0) is 14.0. The molecule has 0 fully saturated rings. The zero-order valence-corrected chi connectivity index (χ0v) is 9.68. The molecule has 8 nitrogen and oxygen atoms in total. The summed E-state index contributed by atoms with van der Waals surface area (Å²) in [6.07, 6.45) is 0. The lowest BCUT2D eigenvalue weighted by Crippen LogP contribution is -2.15. The van der Waals surface area contributed by atoms with Gasteiger partial charge in [-0.2, -0.15) is 4.98 Å². The fourth-order valence-corrected chi connectivity index (χ4v) is 1.42. The van der Waals surface area contributed by atoms with Gasteiger partial charge >= 0.3 is 0 Å². The zero-order valence-electron chi connectivity index (χ0n) is 9.68. The Morgan fingerprint density at radius 3 is 2.84 bits per heavy atom. The van der Waals surface area contributed by atoms with E-state index in [2.05, 4.69) is 20.5 Å². The van der Waals surface area contributed by atoms with Crippen molar-refractivity contribution in [1.82, 2.24) is 15.2 Å². The molecule has 0 bridgehead atoms. The molecule has 2 rings (SSSR count). The molecule has 0 aliphatic carbocycles. The molecule has 2 N–H and O–H groups in total. The Balaban J connectivity index is 2.31. The molecule has 0 aliphatic rings. The number of nitrogens with one attached hydrogen (secondary N) is 2. The summed E-state index contributed by atoms with van der Waals surface area (Å²) in [5, 5.41) is 19.2. The molecule has 0 saturated carbocycles. The van der Waals surface area contributed by atoms with Crippen LogP contribution in [0.5, 0.6) is 0 Å². The minimum Gasteiger partial charge on any atom is -0.289 e. The number of carbonyl (C=O) groups is 1. The third-order valence-corrected chi connectivity index (χ3v) is 2.22. The first kappa shape index (κ1) is 12.6. The second-order valence-electron chi connectivity index (χ2n) is 3.62. The van der Waals surface area contributed by atoms with Crippen LogP contribution in [0.3, 0.4) is 0 Å². The molecule has 0 saturated heterocycles. The lowest BCUT2D eigenvalue weighted by atomic mass is 10.1. The van der Waals surface area contributed by atoms with E-state index in [1.165, 1.54) is 0 Å². The van der Waals surface area contributed by atoms with Gasteiger partial charge in [-0.05, 0) is 19.1 Å². The molecule has 2 aromatic rings. The normalized spacial score (nSPS) is 10.2. The van der Waals surface area contributed by atoms with Crippen LogP contribution in [0, 0.1) is 22.9 Å². The van der Waals surface area contributed by atoms with E-state index in [1.807, 2.05) is 0 Å². The van der Waals surface area contributed by atoms with Crippen molar-refractivity contribution in [1.29, 1.82) is 0 Å². The van der Waals surface area contributed by atoms with Gasteiger partial charge in [-0.25, -0.2) is 4.39 Å². The molecule has 0 atom stereocenters. The average molecular weight is 265 g/mol. The van der Waals surface area contributed by atoms with Gasteiger partial charge in [0.15, 0.2) is 0 Å². The number of aromatic nitrogens is 3. The van der Waals surface area contributed by atoms with Gasteiger partial charge in [-0.3, -0.25) is 25.3 Å². The number of nitrogens with zero attached hydrogens (tertiary/aromatic N) is 3. The Bertz CT molecular complexity index is 654. The molecule has 19 heavy (non-hydrogen) atoms. The first-order valence-electron chi connectivity index (χ1n) is 5.11. The summed E-state index contributed by atoms with van der Waals surface area (Å²) in [5.41, 5.74) is -0.890. The Kier molecular flexibility index (Phi) is 3.19. The lowest BCUT2D eigenvalue weighted by molar-refractivity contribution is -0.385. The number of carbonyl (C=O) groups excluding carboxylic acids is 1. The maximum Gasteiger partial charge on any atom is 0.285 e. The number of H-pyrrole nitrogens is 1. The minimum absolute atomic E-state index is 0.0128. The molecule has 0 radical (unpaired) electrons. The van der Waals surface area contributed by atoms with Crippen molar-refractivity contribution in [2.45, 2.75) is 6.92 Å². The van der Waals surface area contributed by atoms with Gasteiger partial charge in [0.2, 0.25) is 5.95 Å². The maximum absolute atomic E-state index is 12.9. The standard InChI is InChI=1S/C10H8FN5O3/c1-5-12-10(15-14-5)13-9(17)7-3-2-6(11)4-8(7)16(18)19/h2-4H,1H3,(H2,12,13,14,15,17). The smallest absolute Gasteiger partial charge is 0.285 e. The van der Waals surface area contributed by atoms with Gasteiger partial charge in [-0.15, -0.1) is 5.10 Å². The van der Waals surface area contributed by atoms with E-state index < -0.39 is 22.3 Å². The number of halogens is 1. The van der Waals surface area contributed by atoms with Crippen LogP contribution in [-0.2, 0) is 0 Å². The number of hydrogen-bond acceptors (Lipinski definition) is 5. The number of anilines is 1. The maximum atomic E-state index is 12.9. The van der Waals surface area contributed by atoms with Crippen LogP contribution in [0.4, 0.5) is 16.0 Å². The summed E-state index contributed by atoms with van der Waals surface area (Å²) < 4.78 is 12.9. The Hall–Kier alpha value is -2.84. The van der Waals surface area contributed by atoms with E-state index in [4.69, 9.17) is 0 Å². The van der Waals surface area contributed by atoms with Crippen LogP contribution < -0.4 is 5.32 Å². The number of amides is 1. The summed E-state index contributed by atoms with van der Waals surface area (Å²) in [5.74, 6) is -1.12. The molecule has 1 aromatic heterocycles. The van der Waals surface area contributed by atoms with E-state index in [1.54, 1.807) is 6.92 Å². The minimum atomic E-state index is -0.832. The molecule has 0 unspecified atom stereocenters. The van der Waals surface area contributed by atoms with E-state index in [0.717, 1.165) is 12.1 Å². The van der Waals surface area contributed by atoms with Crippen molar-refractivity contribution in [3.05, 3.63) is 45.5 Å². The highest BCUT2D eigenvalue weighted by Crippen LogP contribution is 2.20. The number of benzene rings is 1. The lowest BCUT2D eigenvalue weighted by Gasteiger charge is -2.02. The molecule has 9 heteroatoms. The Labute approximate surface area is 105 Å². The number of hydrogen-bond donors (Lipinski definition) is 2. The predicted octanol–water partition coefficient (Wildman–Crippen LogP) is 1.41. The number of nitro benzene ring substituents is 1. The molecule has 0 aliphatic heterocycles. The van der Waals surface area contributed by atoms with Gasteiger partial charge in [0.25, 0.3) is 11.6 Å². The van der Waals surface area contributed by atoms with Crippen molar-refractivity contribution in [3.8, 4) is 0 Å². The van der Waals surface area contributed by atoms with Gasteiger partial charge in [0.1, 0.15) is 17.2 Å². The number of rotatable bonds is 3. The molecule has 0 spiro atoms. The third kappa shape index (κ3) is 2.70. The highest BCUT2D eigenvalue weighted by molar-refractivity contribution is 6.06. The summed E-state index contributed by atoms with van der Waals surface area (Å²) >= 11 is 0. The third-order valence-electron chi connectivity index (χ3n) is 2.22. The second-order valence-corrected chi connectivity index (χ2v) is 3.62. The fourth-order valence-electron chi connectivity index (χ4n) is 1.42. The van der Waals surface area contributed by atoms with Crippen LogP contribution in [0.1, 0.15) is 16.2 Å². The van der Waals surface area contributed by atoms with Gasteiger partial charge in [0.05, 0.1) is 11.0 Å². The first-order valence-corrected chi connectivity index (χ1v) is 5.11. The monoisotopic (exact) mass is 265 g/mol. The van der Waals surface area contributed by atoms with Crippen LogP contribution >= 0.6 is 0 Å². The number of nitro groups is 1. The number of aryl methyl sites for hydroxylation is 1. The fraction of sp³-hybridized carbons (Fsp3) is 0.100. The molecule has 1 aromatic carbocycles. The second kappa shape index (κ2) is 4.80. The topological polar surface area (TPSA) is 114 Å². The van der Waals surface area contributed by atoms with E-state index in [9.17, 15) is 19.3 Å². The largest absolute Gasteiger partial charge is 0.289 e. The molecule has 1 amide bonds. The van der Waals surface area contributed by atoms with Crippen LogP contribution in [0.2, 0.25) is 0 Å². The van der Waals surface area contributed by atoms with Crippen LogP contribution in [0.15, 0.2) is 18.2 Å². The molecular formula is C10H8FN5O3. The summed E-state index contributed by atoms with van der Waals surface area (Å²) in [6, 6.07) is 2.67. The highest BCUT2D eigenvalue weighted by atomic mass is 19.1. The summed E-state index contributed by atoms with van der Waals surface area (Å²) in [4.78, 5) is 25.6. The van der Waals surface area contributed by atoms with Crippen molar-refractivity contribution in [2.75, 3.05) is 5.32 Å². The SMILES string of the molecule is Cc1nc(NC(=O)c2ccc(F)cc2[N+](=O)[O-])n[nH]1. The van der Waals surface area contributed by atoms with Gasteiger partial charge in [0, 0.05) is 0 Å². The first-order chi connectivity index (χ1) is 8.97. The number of aromatic amines is 1. The Morgan fingerprint density at radius 2 is 2.26 bits per heavy atom. The molecule has 1 heterocycles. The van der Waals surface area contributed by atoms with Crippen molar-refractivity contribution in [3.63, 3.8) is 0 Å². The van der Waals surface area contributed by atoms with Crippen molar-refractivity contribution in [2.24, 2.45) is 0 Å². The van der Waals surface area contributed by atoms with E-state index >= 15 is 0 Å². The van der Waals surface area contributed by atoms with Crippen LogP contribution in [0.25, 0.3) is 0 Å². The van der Waals surface area contributed by atoms with Crippen molar-refractivity contribution < 1.29 is 14.1 Å². The average Bonchev–Trinajstić information content (AvgIpc) is 2.74. The summed E-state index contributed by atoms with van der Waals surface area (Å²) in [7, 11) is 0. The molecule has 98 valence electrons. The van der Waals surface area contributed by atoms with E-state index in [-0.39, 0.29) is 11.5 Å². The quantitative estimate of drug-likeness (QED) is 0.643. The predicted molar refractivity (Wildman–Crippen MR) is 62.1 cm³/mol. The molecular weight excluding hydrogens is 257 g/mol. The van der Waals surface area contributed by atoms with Crippen molar-refractivity contribution >= 4 is 17.5 Å². The van der Waals surface area contributed by atoms with Gasteiger partial charge < -0.3 is 0 Å². The van der Waals surface area contributed by atoms with Gasteiger partial charge in [-0.1, -0.05) is 0 Å². The Morgan fingerprint density at radius 1 is 1.53 bits per heavy atom. The highest BCUT2D eigenvalue weighted by Gasteiger charge is 2.21. The summed E-state index contributed by atoms with van der Waals surface area (Å²) in [6.45, 7) is 1.63. The van der Waals surface area contributed by atoms with E-state index in [0.29, 0.717) is 11.9 Å².